The van der Waals surface area contributed by atoms with Gasteiger partial charge in [0.15, 0.2) is 0 Å². The number of rotatable bonds is 5. The number of hydrogen-bond donors (Lipinski definition) is 1. The van der Waals surface area contributed by atoms with Crippen LogP contribution in [0.5, 0.6) is 5.75 Å². The van der Waals surface area contributed by atoms with Crippen LogP contribution in [-0.2, 0) is 0 Å². The fraction of sp³-hybridized carbons (Fsp3) is 0.571. The molecular formula is C14H20F2N2O. The van der Waals surface area contributed by atoms with Gasteiger partial charge in [0.05, 0.1) is 0 Å². The Morgan fingerprint density at radius 1 is 1.21 bits per heavy atom. The largest absolute Gasteiger partial charge is 0.435 e. The normalized spacial score (nSPS) is 18.5. The number of alkyl halides is 2. The molecule has 0 radical (unpaired) electrons. The van der Waals surface area contributed by atoms with Gasteiger partial charge in [0.25, 0.3) is 0 Å². The summed E-state index contributed by atoms with van der Waals surface area (Å²) in [7, 11) is 0. The van der Waals surface area contributed by atoms with Crippen LogP contribution in [0.1, 0.15) is 24.9 Å². The molecule has 1 fully saturated rings. The third-order valence-corrected chi connectivity index (χ3v) is 3.47. The van der Waals surface area contributed by atoms with E-state index in [1.807, 2.05) is 12.1 Å². The molecule has 1 saturated heterocycles. The van der Waals surface area contributed by atoms with Gasteiger partial charge in [0, 0.05) is 32.2 Å². The third-order valence-electron chi connectivity index (χ3n) is 3.47. The van der Waals surface area contributed by atoms with Gasteiger partial charge in [-0.15, -0.1) is 0 Å². The lowest BCUT2D eigenvalue weighted by molar-refractivity contribution is -0.0498. The number of ether oxygens (including phenoxy) is 1. The highest BCUT2D eigenvalue weighted by atomic mass is 19.3. The predicted octanol–water partition coefficient (Wildman–Crippen LogP) is 2.64. The second-order valence-electron chi connectivity index (χ2n) is 4.66. The van der Waals surface area contributed by atoms with Crippen LogP contribution in [0.15, 0.2) is 24.3 Å². The molecule has 0 bridgehead atoms. The van der Waals surface area contributed by atoms with Crippen LogP contribution in [-0.4, -0.2) is 37.7 Å². The Balaban J connectivity index is 2.05. The van der Waals surface area contributed by atoms with Crippen LogP contribution in [0.3, 0.4) is 0 Å². The highest BCUT2D eigenvalue weighted by Crippen LogP contribution is 2.26. The van der Waals surface area contributed by atoms with Crippen LogP contribution in [0.25, 0.3) is 0 Å². The van der Waals surface area contributed by atoms with Gasteiger partial charge in [-0.05, 0) is 24.1 Å². The molecule has 19 heavy (non-hydrogen) atoms. The van der Waals surface area contributed by atoms with Crippen molar-refractivity contribution in [1.29, 1.82) is 0 Å². The summed E-state index contributed by atoms with van der Waals surface area (Å²) in [5.74, 6) is 0.217. The molecule has 1 heterocycles. The molecule has 5 heteroatoms. The maximum absolute atomic E-state index is 12.1. The third kappa shape index (κ3) is 3.88. The number of piperazine rings is 1. The van der Waals surface area contributed by atoms with Gasteiger partial charge in [-0.3, -0.25) is 4.90 Å². The zero-order valence-electron chi connectivity index (χ0n) is 11.1. The van der Waals surface area contributed by atoms with E-state index in [2.05, 4.69) is 21.9 Å². The molecule has 0 amide bonds. The second kappa shape index (κ2) is 6.82. The van der Waals surface area contributed by atoms with Crippen LogP contribution in [0, 0.1) is 0 Å². The monoisotopic (exact) mass is 270 g/mol. The molecule has 1 aliphatic rings. The number of halogens is 2. The summed E-state index contributed by atoms with van der Waals surface area (Å²) in [5.41, 5.74) is 1.16. The molecule has 1 aliphatic heterocycles. The van der Waals surface area contributed by atoms with Crippen LogP contribution in [0.2, 0.25) is 0 Å². The molecule has 0 unspecified atom stereocenters. The molecule has 3 nitrogen and oxygen atoms in total. The summed E-state index contributed by atoms with van der Waals surface area (Å²) < 4.78 is 28.6. The fourth-order valence-electron chi connectivity index (χ4n) is 2.57. The molecular weight excluding hydrogens is 250 g/mol. The van der Waals surface area contributed by atoms with E-state index in [4.69, 9.17) is 0 Å². The SMILES string of the molecule is CC[C@H](c1ccc(OC(F)F)cc1)N1CCNCC1. The van der Waals surface area contributed by atoms with Gasteiger partial charge < -0.3 is 10.1 Å². The van der Waals surface area contributed by atoms with E-state index in [9.17, 15) is 8.78 Å². The van der Waals surface area contributed by atoms with Gasteiger partial charge >= 0.3 is 6.61 Å². The standard InChI is InChI=1S/C14H20F2N2O/c1-2-13(18-9-7-17-8-10-18)11-3-5-12(6-4-11)19-14(15)16/h3-6,13-14,17H,2,7-10H2,1H3/t13-/m1/s1. The zero-order valence-corrected chi connectivity index (χ0v) is 11.1. The first-order chi connectivity index (χ1) is 9.20. The number of nitrogens with zero attached hydrogens (tertiary/aromatic N) is 1. The Morgan fingerprint density at radius 2 is 1.84 bits per heavy atom. The highest BCUT2D eigenvalue weighted by molar-refractivity contribution is 5.29. The molecule has 0 aliphatic carbocycles. The van der Waals surface area contributed by atoms with E-state index in [-0.39, 0.29) is 5.75 Å². The first-order valence-corrected chi connectivity index (χ1v) is 6.70. The molecule has 1 atom stereocenters. The molecule has 1 aromatic rings. The molecule has 1 N–H and O–H groups in total. The minimum Gasteiger partial charge on any atom is -0.435 e. The lowest BCUT2D eigenvalue weighted by Crippen LogP contribution is -2.45. The Hall–Kier alpha value is -1.20. The summed E-state index contributed by atoms with van der Waals surface area (Å²) >= 11 is 0. The van der Waals surface area contributed by atoms with Crippen molar-refractivity contribution in [1.82, 2.24) is 10.2 Å². The van der Waals surface area contributed by atoms with E-state index >= 15 is 0 Å². The minimum atomic E-state index is -2.76. The van der Waals surface area contributed by atoms with Crippen molar-refractivity contribution in [3.63, 3.8) is 0 Å². The Bertz CT molecular complexity index is 378. The summed E-state index contributed by atoms with van der Waals surface area (Å²) in [6.45, 7) is 3.44. The van der Waals surface area contributed by atoms with Crippen molar-refractivity contribution in [3.8, 4) is 5.75 Å². The van der Waals surface area contributed by atoms with E-state index in [1.165, 1.54) is 0 Å². The quantitative estimate of drug-likeness (QED) is 0.890. The van der Waals surface area contributed by atoms with E-state index in [0.29, 0.717) is 6.04 Å². The van der Waals surface area contributed by atoms with Crippen molar-refractivity contribution >= 4 is 0 Å². The lowest BCUT2D eigenvalue weighted by atomic mass is 10.0. The van der Waals surface area contributed by atoms with Crippen molar-refractivity contribution in [2.75, 3.05) is 26.2 Å². The number of benzene rings is 1. The Morgan fingerprint density at radius 3 is 2.37 bits per heavy atom. The van der Waals surface area contributed by atoms with Gasteiger partial charge in [-0.1, -0.05) is 19.1 Å². The highest BCUT2D eigenvalue weighted by Gasteiger charge is 2.20. The first kappa shape index (κ1) is 14.2. The number of nitrogens with one attached hydrogen (secondary N) is 1. The molecule has 0 saturated carbocycles. The summed E-state index contributed by atoms with van der Waals surface area (Å²) in [4.78, 5) is 2.43. The smallest absolute Gasteiger partial charge is 0.387 e. The van der Waals surface area contributed by atoms with Gasteiger partial charge in [-0.25, -0.2) is 0 Å². The maximum atomic E-state index is 12.1. The topological polar surface area (TPSA) is 24.5 Å². The van der Waals surface area contributed by atoms with Crippen LogP contribution >= 0.6 is 0 Å². The molecule has 106 valence electrons. The van der Waals surface area contributed by atoms with E-state index in [1.54, 1.807) is 12.1 Å². The first-order valence-electron chi connectivity index (χ1n) is 6.70. The van der Waals surface area contributed by atoms with Crippen molar-refractivity contribution in [2.24, 2.45) is 0 Å². The minimum absolute atomic E-state index is 0.217. The van der Waals surface area contributed by atoms with E-state index < -0.39 is 6.61 Å². The van der Waals surface area contributed by atoms with Crippen molar-refractivity contribution < 1.29 is 13.5 Å². The lowest BCUT2D eigenvalue weighted by Gasteiger charge is -2.34. The molecule has 0 spiro atoms. The van der Waals surface area contributed by atoms with Gasteiger partial charge in [0.2, 0.25) is 0 Å². The average molecular weight is 270 g/mol. The fourth-order valence-corrected chi connectivity index (χ4v) is 2.57. The number of hydrogen-bond acceptors (Lipinski definition) is 3. The Labute approximate surface area is 112 Å². The predicted molar refractivity (Wildman–Crippen MR) is 70.5 cm³/mol. The average Bonchev–Trinajstić information content (AvgIpc) is 2.42. The summed E-state index contributed by atoms with van der Waals surface area (Å²) in [6, 6.07) is 7.35. The molecule has 0 aromatic heterocycles. The van der Waals surface area contributed by atoms with Crippen LogP contribution < -0.4 is 10.1 Å². The summed E-state index contributed by atoms with van der Waals surface area (Å²) in [5, 5.41) is 3.33. The summed E-state index contributed by atoms with van der Waals surface area (Å²) in [6.07, 6.45) is 1.01. The zero-order chi connectivity index (χ0) is 13.7. The molecule has 1 aromatic carbocycles. The van der Waals surface area contributed by atoms with Crippen LogP contribution in [0.4, 0.5) is 8.78 Å². The maximum Gasteiger partial charge on any atom is 0.387 e. The van der Waals surface area contributed by atoms with Gasteiger partial charge in [0.1, 0.15) is 5.75 Å². The molecule has 2 rings (SSSR count). The second-order valence-corrected chi connectivity index (χ2v) is 4.66. The van der Waals surface area contributed by atoms with Crippen molar-refractivity contribution in [3.05, 3.63) is 29.8 Å². The van der Waals surface area contributed by atoms with E-state index in [0.717, 1.165) is 38.2 Å². The Kier molecular flexibility index (Phi) is 5.10. The van der Waals surface area contributed by atoms with Gasteiger partial charge in [-0.2, -0.15) is 8.78 Å². The van der Waals surface area contributed by atoms with Crippen molar-refractivity contribution in [2.45, 2.75) is 26.0 Å².